The van der Waals surface area contributed by atoms with Crippen LogP contribution in [0.1, 0.15) is 39.0 Å². The molecule has 0 saturated carbocycles. The lowest BCUT2D eigenvalue weighted by atomic mass is 10.1. The molecule has 0 aliphatic rings. The van der Waals surface area contributed by atoms with Crippen molar-refractivity contribution in [2.24, 2.45) is 0 Å². The van der Waals surface area contributed by atoms with Crippen molar-refractivity contribution in [2.45, 2.75) is 39.0 Å². The third-order valence-corrected chi connectivity index (χ3v) is 2.12. The van der Waals surface area contributed by atoms with Crippen molar-refractivity contribution in [3.05, 3.63) is 12.1 Å². The van der Waals surface area contributed by atoms with Crippen molar-refractivity contribution in [1.29, 1.82) is 0 Å². The van der Waals surface area contributed by atoms with Gasteiger partial charge in [0.05, 0.1) is 0 Å². The minimum Gasteiger partial charge on any atom is -0.133 e. The lowest BCUT2D eigenvalue weighted by Gasteiger charge is -1.93. The predicted molar refractivity (Wildman–Crippen MR) is 61.5 cm³/mol. The van der Waals surface area contributed by atoms with Crippen LogP contribution in [-0.4, -0.2) is 4.36 Å². The van der Waals surface area contributed by atoms with Gasteiger partial charge in [0, 0.05) is 0 Å². The van der Waals surface area contributed by atoms with Crippen molar-refractivity contribution < 1.29 is 0 Å². The van der Waals surface area contributed by atoms with Gasteiger partial charge >= 0.3 is 4.36 Å². The van der Waals surface area contributed by atoms with Gasteiger partial charge in [0.1, 0.15) is 0 Å². The minimum absolute atomic E-state index is 0.348. The lowest BCUT2D eigenvalue weighted by molar-refractivity contribution is 0.675. The Morgan fingerprint density at radius 3 is 2.45 bits per heavy atom. The third-order valence-electron chi connectivity index (χ3n) is 1.51. The predicted octanol–water partition coefficient (Wildman–Crippen LogP) is 4.33. The monoisotopic (exact) mass is 280 g/mol. The van der Waals surface area contributed by atoms with Gasteiger partial charge in [0.25, 0.3) is 0 Å². The highest BCUT2D eigenvalue weighted by Gasteiger charge is 1.93. The fraction of sp³-hybridized carbons (Fsp3) is 0.750. The zero-order valence-corrected chi connectivity index (χ0v) is 10.2. The highest BCUT2D eigenvalue weighted by Crippen LogP contribution is 2.06. The molecule has 0 N–H and O–H groups in total. The number of halogens is 2. The Morgan fingerprint density at radius 2 is 1.91 bits per heavy atom. The molecule has 0 rings (SSSR count). The van der Waals surface area contributed by atoms with Crippen LogP contribution in [0.2, 0.25) is 0 Å². The Labute approximate surface area is 86.8 Å². The Balaban J connectivity index is 3.01. The molecule has 0 nitrogen and oxygen atoms in total. The van der Waals surface area contributed by atoms with E-state index in [2.05, 4.69) is 50.5 Å². The van der Waals surface area contributed by atoms with Gasteiger partial charge in [-0.1, -0.05) is 38.2 Å². The van der Waals surface area contributed by atoms with E-state index in [0.29, 0.717) is 4.36 Å². The fourth-order valence-electron chi connectivity index (χ4n) is 0.888. The standard InChI is InChI=1S/C8H15BBr2/c1-2-3-4-5-6-7-8-9(10)11/h7-8H,2-6H2,1H3/b8-7+. The van der Waals surface area contributed by atoms with Crippen LogP contribution in [0.5, 0.6) is 0 Å². The molecule has 0 saturated heterocycles. The third kappa shape index (κ3) is 10.8. The molecule has 0 bridgehead atoms. The van der Waals surface area contributed by atoms with Crippen molar-refractivity contribution in [2.75, 3.05) is 0 Å². The summed E-state index contributed by atoms with van der Waals surface area (Å²) in [4.78, 5) is 0. The maximum atomic E-state index is 3.39. The van der Waals surface area contributed by atoms with E-state index >= 15 is 0 Å². The van der Waals surface area contributed by atoms with Gasteiger partial charge in [-0.25, -0.2) is 0 Å². The largest absolute Gasteiger partial charge is 0.322 e. The van der Waals surface area contributed by atoms with Crippen molar-refractivity contribution in [3.63, 3.8) is 0 Å². The summed E-state index contributed by atoms with van der Waals surface area (Å²) in [5.74, 6) is 2.13. The summed E-state index contributed by atoms with van der Waals surface area (Å²) >= 11 is 6.77. The normalized spacial score (nSPS) is 10.8. The molecule has 0 aromatic heterocycles. The number of rotatable bonds is 6. The van der Waals surface area contributed by atoms with Gasteiger partial charge in [-0.3, -0.25) is 0 Å². The van der Waals surface area contributed by atoms with Gasteiger partial charge < -0.3 is 0 Å². The summed E-state index contributed by atoms with van der Waals surface area (Å²) in [5.41, 5.74) is 0. The molecule has 0 heterocycles. The molecule has 0 fully saturated rings. The molecule has 64 valence electrons. The van der Waals surface area contributed by atoms with Crippen LogP contribution in [0, 0.1) is 0 Å². The highest BCUT2D eigenvalue weighted by atomic mass is 79.9. The molecular formula is C8H15BBr2. The molecule has 0 atom stereocenters. The van der Waals surface area contributed by atoms with Crippen LogP contribution >= 0.6 is 31.5 Å². The van der Waals surface area contributed by atoms with E-state index in [4.69, 9.17) is 0 Å². The minimum atomic E-state index is 0.348. The van der Waals surface area contributed by atoms with E-state index in [1.165, 1.54) is 32.1 Å². The Morgan fingerprint density at radius 1 is 1.18 bits per heavy atom. The molecular weight excluding hydrogens is 267 g/mol. The molecule has 0 aromatic carbocycles. The molecule has 0 spiro atoms. The molecule has 0 aliphatic carbocycles. The first kappa shape index (κ1) is 11.8. The summed E-state index contributed by atoms with van der Waals surface area (Å²) in [5, 5.41) is 0. The van der Waals surface area contributed by atoms with Crippen molar-refractivity contribution >= 4 is 35.9 Å². The average Bonchev–Trinajstić information content (AvgIpc) is 1.96. The zero-order valence-electron chi connectivity index (χ0n) is 7.02. The van der Waals surface area contributed by atoms with Crippen LogP contribution in [-0.2, 0) is 0 Å². The van der Waals surface area contributed by atoms with Gasteiger partial charge in [-0.05, 0) is 12.8 Å². The summed E-state index contributed by atoms with van der Waals surface area (Å²) in [6, 6.07) is 0. The van der Waals surface area contributed by atoms with Gasteiger partial charge in [-0.15, -0.1) is 31.5 Å². The van der Waals surface area contributed by atoms with Crippen LogP contribution in [0.4, 0.5) is 0 Å². The first-order valence-corrected chi connectivity index (χ1v) is 6.05. The van der Waals surface area contributed by atoms with E-state index < -0.39 is 0 Å². The highest BCUT2D eigenvalue weighted by molar-refractivity contribution is 9.49. The zero-order chi connectivity index (χ0) is 8.53. The summed E-state index contributed by atoms with van der Waals surface area (Å²) in [6.45, 7) is 2.24. The molecule has 11 heavy (non-hydrogen) atoms. The molecule has 0 radical (unpaired) electrons. The summed E-state index contributed by atoms with van der Waals surface area (Å²) in [6.07, 6.45) is 8.84. The molecule has 3 heteroatoms. The molecule has 0 unspecified atom stereocenters. The molecule has 0 aliphatic heterocycles. The summed E-state index contributed by atoms with van der Waals surface area (Å²) < 4.78 is 0.348. The number of unbranched alkanes of at least 4 members (excludes halogenated alkanes) is 4. The van der Waals surface area contributed by atoms with Crippen LogP contribution in [0.25, 0.3) is 0 Å². The molecule has 0 amide bonds. The number of hydrogen-bond acceptors (Lipinski definition) is 0. The summed E-state index contributed by atoms with van der Waals surface area (Å²) in [7, 11) is 0. The number of allylic oxidation sites excluding steroid dienone is 1. The average molecular weight is 282 g/mol. The van der Waals surface area contributed by atoms with Gasteiger partial charge in [-0.2, -0.15) is 0 Å². The smallest absolute Gasteiger partial charge is 0.133 e. The quantitative estimate of drug-likeness (QED) is 0.502. The Kier molecular flexibility index (Phi) is 9.47. The van der Waals surface area contributed by atoms with E-state index in [1.807, 2.05) is 0 Å². The molecule has 0 aromatic rings. The maximum absolute atomic E-state index is 3.39. The van der Waals surface area contributed by atoms with E-state index in [1.54, 1.807) is 0 Å². The SMILES string of the molecule is CCCCCC/C=C/B(Br)Br. The Hall–Kier alpha value is 0.765. The van der Waals surface area contributed by atoms with Crippen molar-refractivity contribution in [3.8, 4) is 0 Å². The first-order valence-electron chi connectivity index (χ1n) is 4.22. The van der Waals surface area contributed by atoms with E-state index in [9.17, 15) is 0 Å². The second-order valence-corrected chi connectivity index (χ2v) is 5.81. The second-order valence-electron chi connectivity index (χ2n) is 2.61. The maximum Gasteiger partial charge on any atom is 0.322 e. The van der Waals surface area contributed by atoms with Gasteiger partial charge in [0.15, 0.2) is 0 Å². The lowest BCUT2D eigenvalue weighted by Crippen LogP contribution is -1.81. The van der Waals surface area contributed by atoms with E-state index in [-0.39, 0.29) is 0 Å². The number of hydrogen-bond donors (Lipinski definition) is 0. The second kappa shape index (κ2) is 8.86. The van der Waals surface area contributed by atoms with Crippen LogP contribution < -0.4 is 0 Å². The van der Waals surface area contributed by atoms with Crippen LogP contribution in [0.3, 0.4) is 0 Å². The van der Waals surface area contributed by atoms with Gasteiger partial charge in [0.2, 0.25) is 0 Å². The Bertz CT molecular complexity index is 102. The van der Waals surface area contributed by atoms with Crippen molar-refractivity contribution in [1.82, 2.24) is 0 Å². The topological polar surface area (TPSA) is 0 Å². The van der Waals surface area contributed by atoms with E-state index in [0.717, 1.165) is 0 Å². The fourth-order valence-corrected chi connectivity index (χ4v) is 1.32. The first-order chi connectivity index (χ1) is 5.27. The van der Waals surface area contributed by atoms with Crippen LogP contribution in [0.15, 0.2) is 12.1 Å².